The molecule has 0 aromatic heterocycles. The summed E-state index contributed by atoms with van der Waals surface area (Å²) in [5, 5.41) is 4.22. The van der Waals surface area contributed by atoms with E-state index in [1.807, 2.05) is 0 Å². The molecule has 0 radical (unpaired) electrons. The molecule has 2 rings (SSSR count). The van der Waals surface area contributed by atoms with Gasteiger partial charge in [-0.1, -0.05) is 68.8 Å². The molecule has 0 aliphatic rings. The maximum Gasteiger partial charge on any atom is 0.0459 e. The third-order valence-electron chi connectivity index (χ3n) is 3.89. The molecule has 0 fully saturated rings. The van der Waals surface area contributed by atoms with Gasteiger partial charge in [0, 0.05) is 11.1 Å². The van der Waals surface area contributed by atoms with Gasteiger partial charge in [-0.2, -0.15) is 0 Å². The van der Waals surface area contributed by atoms with Gasteiger partial charge in [-0.25, -0.2) is 0 Å². The fraction of sp³-hybridized carbons (Fsp3) is 0.368. The molecule has 1 atom stereocenters. The zero-order chi connectivity index (χ0) is 15.4. The van der Waals surface area contributed by atoms with E-state index in [4.69, 9.17) is 11.6 Å². The maximum absolute atomic E-state index is 6.45. The van der Waals surface area contributed by atoms with Gasteiger partial charge in [0.1, 0.15) is 0 Å². The van der Waals surface area contributed by atoms with Crippen LogP contribution in [0.25, 0.3) is 11.1 Å². The van der Waals surface area contributed by atoms with Gasteiger partial charge >= 0.3 is 0 Å². The third-order valence-corrected chi connectivity index (χ3v) is 4.22. The first-order chi connectivity index (χ1) is 10.0. The first-order valence-electron chi connectivity index (χ1n) is 7.66. The van der Waals surface area contributed by atoms with E-state index < -0.39 is 0 Å². The minimum Gasteiger partial charge on any atom is -0.310 e. The summed E-state index contributed by atoms with van der Waals surface area (Å²) in [5.41, 5.74) is 4.90. The molecule has 0 heterocycles. The van der Waals surface area contributed by atoms with Gasteiger partial charge in [-0.15, -0.1) is 0 Å². The second-order valence-electron chi connectivity index (χ2n) is 5.79. The van der Waals surface area contributed by atoms with E-state index in [0.717, 1.165) is 17.1 Å². The normalized spacial score (nSPS) is 12.7. The first-order valence-corrected chi connectivity index (χ1v) is 8.04. The Morgan fingerprint density at radius 1 is 0.952 bits per heavy atom. The van der Waals surface area contributed by atoms with Crippen molar-refractivity contribution in [2.45, 2.75) is 39.7 Å². The van der Waals surface area contributed by atoms with Gasteiger partial charge in [-0.3, -0.25) is 0 Å². The van der Waals surface area contributed by atoms with Crippen LogP contribution >= 0.6 is 11.6 Å². The minimum atomic E-state index is 0.278. The molecule has 0 bridgehead atoms. The summed E-state index contributed by atoms with van der Waals surface area (Å²) >= 11 is 6.45. The molecule has 1 N–H and O–H groups in total. The lowest BCUT2D eigenvalue weighted by Gasteiger charge is -2.15. The van der Waals surface area contributed by atoms with Crippen LogP contribution in [0.2, 0.25) is 5.02 Å². The second-order valence-corrected chi connectivity index (χ2v) is 6.20. The molecule has 2 aromatic rings. The number of benzene rings is 2. The molecule has 0 saturated carbocycles. The molecule has 2 heteroatoms. The predicted octanol–water partition coefficient (Wildman–Crippen LogP) is 5.80. The monoisotopic (exact) mass is 301 g/mol. The van der Waals surface area contributed by atoms with E-state index in [9.17, 15) is 0 Å². The van der Waals surface area contributed by atoms with Crippen LogP contribution in [0.4, 0.5) is 0 Å². The van der Waals surface area contributed by atoms with Crippen molar-refractivity contribution < 1.29 is 0 Å². The van der Waals surface area contributed by atoms with Crippen molar-refractivity contribution in [1.82, 2.24) is 5.32 Å². The molecule has 21 heavy (non-hydrogen) atoms. The number of nitrogens with one attached hydrogen (secondary N) is 1. The molecular weight excluding hydrogens is 278 g/mol. The molecule has 0 aliphatic heterocycles. The maximum atomic E-state index is 6.45. The predicted molar refractivity (Wildman–Crippen MR) is 93.1 cm³/mol. The Kier molecular flexibility index (Phi) is 5.44. The lowest BCUT2D eigenvalue weighted by Crippen LogP contribution is -2.17. The molecule has 1 unspecified atom stereocenters. The Morgan fingerprint density at radius 3 is 2.10 bits per heavy atom. The largest absolute Gasteiger partial charge is 0.310 e. The topological polar surface area (TPSA) is 12.0 Å². The molecule has 112 valence electrons. The van der Waals surface area contributed by atoms with Gasteiger partial charge in [-0.05, 0) is 47.7 Å². The van der Waals surface area contributed by atoms with Crippen molar-refractivity contribution >= 4 is 11.6 Å². The smallest absolute Gasteiger partial charge is 0.0459 e. The lowest BCUT2D eigenvalue weighted by atomic mass is 9.97. The lowest BCUT2D eigenvalue weighted by molar-refractivity contribution is 0.598. The molecule has 0 spiro atoms. The Labute approximate surface area is 133 Å². The zero-order valence-corrected chi connectivity index (χ0v) is 14.0. The average Bonchev–Trinajstić information content (AvgIpc) is 2.47. The van der Waals surface area contributed by atoms with E-state index in [-0.39, 0.29) is 6.04 Å². The van der Waals surface area contributed by atoms with Crippen molar-refractivity contribution in [2.75, 3.05) is 6.54 Å². The standard InChI is InChI=1S/C19H24ClN/c1-5-21-14(4)18-11-10-17(12-19(18)20)16-8-6-15(7-9-16)13(2)3/h6-14,21H,5H2,1-4H3. The Hall–Kier alpha value is -1.31. The van der Waals surface area contributed by atoms with Crippen molar-refractivity contribution in [3.63, 3.8) is 0 Å². The fourth-order valence-electron chi connectivity index (χ4n) is 2.53. The van der Waals surface area contributed by atoms with Gasteiger partial charge in [0.25, 0.3) is 0 Å². The van der Waals surface area contributed by atoms with Gasteiger partial charge < -0.3 is 5.32 Å². The van der Waals surface area contributed by atoms with Gasteiger partial charge in [0.05, 0.1) is 0 Å². The summed E-state index contributed by atoms with van der Waals surface area (Å²) in [7, 11) is 0. The molecule has 0 saturated heterocycles. The van der Waals surface area contributed by atoms with Crippen molar-refractivity contribution in [3.8, 4) is 11.1 Å². The van der Waals surface area contributed by atoms with Crippen LogP contribution < -0.4 is 5.32 Å². The van der Waals surface area contributed by atoms with E-state index in [2.05, 4.69) is 75.5 Å². The average molecular weight is 302 g/mol. The molecule has 1 nitrogen and oxygen atoms in total. The molecule has 2 aromatic carbocycles. The minimum absolute atomic E-state index is 0.278. The highest BCUT2D eigenvalue weighted by Crippen LogP contribution is 2.29. The van der Waals surface area contributed by atoms with Crippen molar-refractivity contribution in [2.24, 2.45) is 0 Å². The van der Waals surface area contributed by atoms with Crippen molar-refractivity contribution in [3.05, 3.63) is 58.6 Å². The summed E-state index contributed by atoms with van der Waals surface area (Å²) < 4.78 is 0. The summed E-state index contributed by atoms with van der Waals surface area (Å²) in [6.45, 7) is 9.61. The Morgan fingerprint density at radius 2 is 1.57 bits per heavy atom. The molecule has 0 aliphatic carbocycles. The summed E-state index contributed by atoms with van der Waals surface area (Å²) in [6.07, 6.45) is 0. The van der Waals surface area contributed by atoms with Crippen LogP contribution in [-0.2, 0) is 0 Å². The van der Waals surface area contributed by atoms with E-state index in [1.165, 1.54) is 16.7 Å². The highest BCUT2D eigenvalue weighted by Gasteiger charge is 2.10. The van der Waals surface area contributed by atoms with Crippen LogP contribution in [-0.4, -0.2) is 6.54 Å². The van der Waals surface area contributed by atoms with Gasteiger partial charge in [0.2, 0.25) is 0 Å². The SMILES string of the molecule is CCNC(C)c1ccc(-c2ccc(C(C)C)cc2)cc1Cl. The van der Waals surface area contributed by atoms with Crippen LogP contribution in [0.15, 0.2) is 42.5 Å². The van der Waals surface area contributed by atoms with Crippen LogP contribution in [0.5, 0.6) is 0 Å². The number of rotatable bonds is 5. The highest BCUT2D eigenvalue weighted by molar-refractivity contribution is 6.31. The number of hydrogen-bond donors (Lipinski definition) is 1. The van der Waals surface area contributed by atoms with Crippen LogP contribution in [0.1, 0.15) is 50.8 Å². The number of halogens is 1. The zero-order valence-electron chi connectivity index (χ0n) is 13.3. The second kappa shape index (κ2) is 7.11. The van der Waals surface area contributed by atoms with Crippen LogP contribution in [0, 0.1) is 0 Å². The first kappa shape index (κ1) is 16.1. The van der Waals surface area contributed by atoms with E-state index in [0.29, 0.717) is 5.92 Å². The summed E-state index contributed by atoms with van der Waals surface area (Å²) in [4.78, 5) is 0. The van der Waals surface area contributed by atoms with Crippen molar-refractivity contribution in [1.29, 1.82) is 0 Å². The van der Waals surface area contributed by atoms with Gasteiger partial charge in [0.15, 0.2) is 0 Å². The summed E-state index contributed by atoms with van der Waals surface area (Å²) in [6, 6.07) is 15.4. The highest BCUT2D eigenvalue weighted by atomic mass is 35.5. The number of hydrogen-bond acceptors (Lipinski definition) is 1. The van der Waals surface area contributed by atoms with E-state index >= 15 is 0 Å². The Balaban J connectivity index is 2.27. The van der Waals surface area contributed by atoms with Crippen LogP contribution in [0.3, 0.4) is 0 Å². The molecular formula is C19H24ClN. The molecule has 0 amide bonds. The van der Waals surface area contributed by atoms with E-state index in [1.54, 1.807) is 0 Å². The quantitative estimate of drug-likeness (QED) is 0.736. The Bertz CT molecular complexity index is 587. The third kappa shape index (κ3) is 3.87. The fourth-order valence-corrected chi connectivity index (χ4v) is 2.88. The summed E-state index contributed by atoms with van der Waals surface area (Å²) in [5.74, 6) is 0.561.